The Morgan fingerprint density at radius 1 is 1.12 bits per heavy atom. The highest BCUT2D eigenvalue weighted by Gasteiger charge is 2.15. The SMILES string of the molecule is [2H]c1c(-c2ccc(N3CCCCC3)cc2)oc2c(O)c(OC)ccc2c1=O. The number of aromatic hydroxyl groups is 1. The van der Waals surface area contributed by atoms with Crippen LogP contribution in [0.25, 0.3) is 22.3 Å². The topological polar surface area (TPSA) is 62.9 Å². The maximum atomic E-state index is 12.6. The first-order valence-electron chi connectivity index (χ1n) is 9.29. The van der Waals surface area contributed by atoms with Crippen LogP contribution in [-0.4, -0.2) is 25.3 Å². The maximum Gasteiger partial charge on any atom is 0.202 e. The summed E-state index contributed by atoms with van der Waals surface area (Å²) < 4.78 is 19.1. The molecule has 1 aliphatic rings. The van der Waals surface area contributed by atoms with Crippen molar-refractivity contribution in [3.63, 3.8) is 0 Å². The molecule has 4 rings (SSSR count). The number of hydrogen-bond acceptors (Lipinski definition) is 5. The quantitative estimate of drug-likeness (QED) is 0.767. The van der Waals surface area contributed by atoms with Crippen molar-refractivity contribution in [3.8, 4) is 22.8 Å². The van der Waals surface area contributed by atoms with Crippen LogP contribution in [0.1, 0.15) is 20.6 Å². The summed E-state index contributed by atoms with van der Waals surface area (Å²) in [5.41, 5.74) is 1.30. The Morgan fingerprint density at radius 2 is 1.85 bits per heavy atom. The number of benzene rings is 2. The fourth-order valence-corrected chi connectivity index (χ4v) is 3.40. The first-order valence-corrected chi connectivity index (χ1v) is 8.79. The molecule has 0 amide bonds. The van der Waals surface area contributed by atoms with Gasteiger partial charge in [-0.05, 0) is 55.7 Å². The fraction of sp³-hybridized carbons (Fsp3) is 0.286. The molecule has 1 aliphatic heterocycles. The van der Waals surface area contributed by atoms with Crippen molar-refractivity contribution in [2.24, 2.45) is 0 Å². The third kappa shape index (κ3) is 2.90. The van der Waals surface area contributed by atoms with E-state index in [-0.39, 0.29) is 34.3 Å². The van der Waals surface area contributed by atoms with Crippen LogP contribution in [0.3, 0.4) is 0 Å². The minimum Gasteiger partial charge on any atom is -0.502 e. The van der Waals surface area contributed by atoms with Gasteiger partial charge in [-0.2, -0.15) is 0 Å². The molecule has 0 aliphatic carbocycles. The molecule has 0 bridgehead atoms. The number of rotatable bonds is 3. The normalized spacial score (nSPS) is 15.1. The van der Waals surface area contributed by atoms with Crippen LogP contribution in [0.15, 0.2) is 51.7 Å². The van der Waals surface area contributed by atoms with Gasteiger partial charge in [-0.3, -0.25) is 4.79 Å². The van der Waals surface area contributed by atoms with E-state index < -0.39 is 5.43 Å². The number of hydrogen-bond donors (Lipinski definition) is 1. The lowest BCUT2D eigenvalue weighted by Gasteiger charge is -2.28. The summed E-state index contributed by atoms with van der Waals surface area (Å²) in [5, 5.41) is 10.5. The van der Waals surface area contributed by atoms with E-state index >= 15 is 0 Å². The zero-order chi connectivity index (χ0) is 19.0. The van der Waals surface area contributed by atoms with E-state index in [1.165, 1.54) is 38.5 Å². The lowest BCUT2D eigenvalue weighted by atomic mass is 10.1. The van der Waals surface area contributed by atoms with Crippen molar-refractivity contribution in [2.45, 2.75) is 19.3 Å². The molecule has 0 radical (unpaired) electrons. The molecule has 3 aromatic rings. The summed E-state index contributed by atoms with van der Waals surface area (Å²) in [6.45, 7) is 2.09. The monoisotopic (exact) mass is 352 g/mol. The molecule has 0 atom stereocenters. The predicted molar refractivity (Wildman–Crippen MR) is 102 cm³/mol. The van der Waals surface area contributed by atoms with Crippen LogP contribution < -0.4 is 15.1 Å². The van der Waals surface area contributed by atoms with E-state index in [0.29, 0.717) is 5.56 Å². The predicted octanol–water partition coefficient (Wildman–Crippen LogP) is 4.16. The summed E-state index contributed by atoms with van der Waals surface area (Å²) >= 11 is 0. The summed E-state index contributed by atoms with van der Waals surface area (Å²) in [6, 6.07) is 10.4. The van der Waals surface area contributed by atoms with Crippen LogP contribution in [0, 0.1) is 0 Å². The molecule has 5 nitrogen and oxygen atoms in total. The Bertz CT molecular complexity index is 1040. The first kappa shape index (κ1) is 15.3. The number of nitrogens with zero attached hydrogens (tertiary/aromatic N) is 1. The van der Waals surface area contributed by atoms with Gasteiger partial charge in [0, 0.05) is 30.4 Å². The second kappa shape index (κ2) is 6.75. The molecule has 26 heavy (non-hydrogen) atoms. The van der Waals surface area contributed by atoms with E-state index in [4.69, 9.17) is 10.5 Å². The number of phenolic OH excluding ortho intramolecular Hbond substituents is 1. The van der Waals surface area contributed by atoms with Crippen molar-refractivity contribution >= 4 is 16.7 Å². The lowest BCUT2D eigenvalue weighted by molar-refractivity contribution is 0.371. The van der Waals surface area contributed by atoms with Gasteiger partial charge >= 0.3 is 0 Å². The molecule has 0 spiro atoms. The number of piperidine rings is 1. The fourth-order valence-electron chi connectivity index (χ4n) is 3.40. The molecule has 1 aromatic heterocycles. The molecule has 5 heteroatoms. The van der Waals surface area contributed by atoms with E-state index in [1.807, 2.05) is 24.3 Å². The molecule has 1 saturated heterocycles. The van der Waals surface area contributed by atoms with Gasteiger partial charge in [0.1, 0.15) is 5.76 Å². The molecule has 1 N–H and O–H groups in total. The van der Waals surface area contributed by atoms with Crippen LogP contribution in [0.4, 0.5) is 5.69 Å². The smallest absolute Gasteiger partial charge is 0.202 e. The molecule has 134 valence electrons. The molecular formula is C21H21NO4. The highest BCUT2D eigenvalue weighted by atomic mass is 16.5. The van der Waals surface area contributed by atoms with Gasteiger partial charge < -0.3 is 19.2 Å². The summed E-state index contributed by atoms with van der Waals surface area (Å²) in [6.07, 6.45) is 3.66. The van der Waals surface area contributed by atoms with Gasteiger partial charge in [0.05, 0.1) is 13.9 Å². The van der Waals surface area contributed by atoms with E-state index in [0.717, 1.165) is 18.8 Å². The Morgan fingerprint density at radius 3 is 2.54 bits per heavy atom. The zero-order valence-electron chi connectivity index (χ0n) is 15.6. The van der Waals surface area contributed by atoms with Crippen LogP contribution in [0.5, 0.6) is 11.5 Å². The Labute approximate surface area is 152 Å². The summed E-state index contributed by atoms with van der Waals surface area (Å²) in [5.74, 6) is 0.120. The van der Waals surface area contributed by atoms with Crippen LogP contribution >= 0.6 is 0 Å². The average molecular weight is 352 g/mol. The van der Waals surface area contributed by atoms with E-state index in [2.05, 4.69) is 4.90 Å². The number of anilines is 1. The first-order chi connectivity index (χ1) is 13.1. The number of phenols is 1. The molecule has 2 aromatic carbocycles. The number of ether oxygens (including phenoxy) is 1. The second-order valence-corrected chi connectivity index (χ2v) is 6.47. The molecule has 0 unspecified atom stereocenters. The third-order valence-electron chi connectivity index (χ3n) is 4.84. The van der Waals surface area contributed by atoms with Gasteiger partial charge in [-0.15, -0.1) is 0 Å². The van der Waals surface area contributed by atoms with Gasteiger partial charge in [-0.1, -0.05) is 0 Å². The largest absolute Gasteiger partial charge is 0.502 e. The number of fused-ring (bicyclic) bond motifs is 1. The van der Waals surface area contributed by atoms with E-state index in [1.54, 1.807) is 0 Å². The van der Waals surface area contributed by atoms with Crippen LogP contribution in [-0.2, 0) is 0 Å². The van der Waals surface area contributed by atoms with Gasteiger partial charge in [0.25, 0.3) is 0 Å². The van der Waals surface area contributed by atoms with E-state index in [9.17, 15) is 9.90 Å². The minimum atomic E-state index is -0.482. The molecule has 0 saturated carbocycles. The highest BCUT2D eigenvalue weighted by molar-refractivity contribution is 5.86. The average Bonchev–Trinajstić information content (AvgIpc) is 2.72. The minimum absolute atomic E-state index is 0.0328. The second-order valence-electron chi connectivity index (χ2n) is 6.47. The standard InChI is InChI=1S/C21H21NO4/c1-25-18-10-9-16-17(23)13-19(26-21(16)20(18)24)14-5-7-15(8-6-14)22-11-3-2-4-12-22/h5-10,13,24H,2-4,11-12H2,1H3/i13D. The molecular weight excluding hydrogens is 330 g/mol. The van der Waals surface area contributed by atoms with Gasteiger partial charge in [-0.25, -0.2) is 0 Å². The Balaban J connectivity index is 1.80. The van der Waals surface area contributed by atoms with Crippen molar-refractivity contribution in [1.82, 2.24) is 0 Å². The van der Waals surface area contributed by atoms with Crippen molar-refractivity contribution < 1.29 is 15.6 Å². The third-order valence-corrected chi connectivity index (χ3v) is 4.84. The van der Waals surface area contributed by atoms with Crippen molar-refractivity contribution in [1.29, 1.82) is 0 Å². The van der Waals surface area contributed by atoms with Gasteiger partial charge in [0.15, 0.2) is 16.8 Å². The zero-order valence-corrected chi connectivity index (χ0v) is 14.6. The summed E-state index contributed by atoms with van der Waals surface area (Å²) in [7, 11) is 1.43. The van der Waals surface area contributed by atoms with Gasteiger partial charge in [0.2, 0.25) is 5.75 Å². The van der Waals surface area contributed by atoms with Crippen LogP contribution in [0.2, 0.25) is 0 Å². The molecule has 1 fully saturated rings. The highest BCUT2D eigenvalue weighted by Crippen LogP contribution is 2.35. The lowest BCUT2D eigenvalue weighted by Crippen LogP contribution is -2.29. The molecule has 2 heterocycles. The van der Waals surface area contributed by atoms with Crippen molar-refractivity contribution in [3.05, 3.63) is 52.7 Å². The Hall–Kier alpha value is -2.95. The summed E-state index contributed by atoms with van der Waals surface area (Å²) in [4.78, 5) is 14.9. The number of methoxy groups -OCH3 is 1. The maximum absolute atomic E-state index is 12.6. The van der Waals surface area contributed by atoms with Crippen molar-refractivity contribution in [2.75, 3.05) is 25.1 Å². The Kier molecular flexibility index (Phi) is 3.98.